The molecule has 3 N–H and O–H groups in total. The van der Waals surface area contributed by atoms with Crippen LogP contribution in [0.1, 0.15) is 91.4 Å². The predicted molar refractivity (Wildman–Crippen MR) is 137 cm³/mol. The number of ether oxygens (including phenoxy) is 3. The van der Waals surface area contributed by atoms with E-state index < -0.39 is 42.3 Å². The minimum atomic E-state index is -1.38. The van der Waals surface area contributed by atoms with Gasteiger partial charge in [0.2, 0.25) is 5.75 Å². The summed E-state index contributed by atoms with van der Waals surface area (Å²) in [5.41, 5.74) is 0. The first-order chi connectivity index (χ1) is 17.7. The number of carbonyl (C=O) groups is 2. The normalized spacial score (nSPS) is 19.5. The van der Waals surface area contributed by atoms with Crippen molar-refractivity contribution in [3.05, 3.63) is 18.2 Å². The number of carbonyl (C=O) groups excluding carboxylic acids is 2. The van der Waals surface area contributed by atoms with Crippen molar-refractivity contribution in [1.82, 2.24) is 0 Å². The molecule has 0 radical (unpaired) electrons. The summed E-state index contributed by atoms with van der Waals surface area (Å²) in [6.45, 7) is 6.12. The third kappa shape index (κ3) is 10.9. The average Bonchev–Trinajstić information content (AvgIpc) is 3.46. The molecule has 37 heavy (non-hydrogen) atoms. The third-order valence-corrected chi connectivity index (χ3v) is 6.44. The van der Waals surface area contributed by atoms with E-state index in [-0.39, 0.29) is 36.9 Å². The van der Waals surface area contributed by atoms with Crippen LogP contribution in [0.5, 0.6) is 17.6 Å². The van der Waals surface area contributed by atoms with E-state index in [1.54, 1.807) is 0 Å². The van der Waals surface area contributed by atoms with E-state index in [4.69, 9.17) is 14.2 Å². The highest BCUT2D eigenvalue weighted by molar-refractivity contribution is 5.84. The molecule has 0 spiro atoms. The molecule has 2 rings (SSSR count). The lowest BCUT2D eigenvalue weighted by Crippen LogP contribution is -2.38. The first kappa shape index (κ1) is 30.9. The van der Waals surface area contributed by atoms with Gasteiger partial charge in [-0.1, -0.05) is 65.0 Å². The van der Waals surface area contributed by atoms with E-state index in [9.17, 15) is 24.9 Å². The second-order valence-electron chi connectivity index (χ2n) is 10.0. The second kappa shape index (κ2) is 16.5. The monoisotopic (exact) mass is 524 g/mol. The number of furan rings is 1. The van der Waals surface area contributed by atoms with Crippen LogP contribution in [-0.2, 0) is 19.1 Å². The molecule has 1 fully saturated rings. The van der Waals surface area contributed by atoms with Gasteiger partial charge in [-0.2, -0.15) is 0 Å². The van der Waals surface area contributed by atoms with Crippen LogP contribution < -0.4 is 4.74 Å². The number of aromatic hydroxyl groups is 2. The molecule has 0 aliphatic carbocycles. The third-order valence-electron chi connectivity index (χ3n) is 6.44. The zero-order chi connectivity index (χ0) is 27.2. The standard InChI is InChI=1S/C28H44O9/c1-4-5-6-7-8-9-10-11-12-13-14-15-21(29)22(30)16-20(24-18-34-28(36-24)19(2)3)26(32)35-23-17-25(31)37-27(23)33/h11-12,17,19-20,22,24,28,30-31,33H,4-10,13-16,18H2,1-3H3/b12-11-. The van der Waals surface area contributed by atoms with E-state index in [0.29, 0.717) is 6.42 Å². The predicted octanol–water partition coefficient (Wildman–Crippen LogP) is 5.41. The topological polar surface area (TPSA) is 136 Å². The molecule has 1 saturated heterocycles. The maximum atomic E-state index is 12.9. The van der Waals surface area contributed by atoms with Crippen molar-refractivity contribution in [2.45, 2.75) is 110 Å². The average molecular weight is 525 g/mol. The van der Waals surface area contributed by atoms with Gasteiger partial charge in [0.15, 0.2) is 12.1 Å². The Bertz CT molecular complexity index is 845. The number of aliphatic hydroxyl groups excluding tert-OH is 1. The molecule has 1 aromatic rings. The zero-order valence-electron chi connectivity index (χ0n) is 22.4. The molecular weight excluding hydrogens is 480 g/mol. The van der Waals surface area contributed by atoms with Crippen LogP contribution in [0.3, 0.4) is 0 Å². The summed E-state index contributed by atoms with van der Waals surface area (Å²) in [6.07, 6.45) is 11.5. The van der Waals surface area contributed by atoms with Gasteiger partial charge in [-0.15, -0.1) is 0 Å². The SMILES string of the molecule is CCCCCCCC/C=C\CCCC(=O)C(O)CC(C(=O)Oc1cc(O)oc1O)C1COC(C(C)C)O1. The van der Waals surface area contributed by atoms with Gasteiger partial charge in [-0.05, 0) is 32.1 Å². The number of ketones is 1. The number of allylic oxidation sites excluding steroid dienone is 2. The van der Waals surface area contributed by atoms with Crippen molar-refractivity contribution in [2.75, 3.05) is 6.61 Å². The van der Waals surface area contributed by atoms with Crippen LogP contribution >= 0.6 is 0 Å². The fraction of sp³-hybridized carbons (Fsp3) is 0.714. The number of aliphatic hydroxyl groups is 1. The maximum absolute atomic E-state index is 12.9. The largest absolute Gasteiger partial charge is 0.481 e. The highest BCUT2D eigenvalue weighted by Gasteiger charge is 2.41. The van der Waals surface area contributed by atoms with Gasteiger partial charge >= 0.3 is 11.9 Å². The second-order valence-corrected chi connectivity index (χ2v) is 10.0. The minimum Gasteiger partial charge on any atom is -0.481 e. The van der Waals surface area contributed by atoms with Crippen LogP contribution in [0, 0.1) is 11.8 Å². The molecule has 9 heteroatoms. The van der Waals surface area contributed by atoms with Crippen molar-refractivity contribution in [3.8, 4) is 17.6 Å². The van der Waals surface area contributed by atoms with Crippen molar-refractivity contribution < 1.29 is 43.5 Å². The Labute approximate surface area is 219 Å². The molecule has 210 valence electrons. The Morgan fingerprint density at radius 3 is 2.38 bits per heavy atom. The molecule has 1 aliphatic heterocycles. The van der Waals surface area contributed by atoms with E-state index in [0.717, 1.165) is 18.9 Å². The summed E-state index contributed by atoms with van der Waals surface area (Å²) in [7, 11) is 0. The van der Waals surface area contributed by atoms with E-state index in [2.05, 4.69) is 23.5 Å². The summed E-state index contributed by atoms with van der Waals surface area (Å²) in [5.74, 6) is -3.92. The molecule has 9 nitrogen and oxygen atoms in total. The Hall–Kier alpha value is -2.36. The Morgan fingerprint density at radius 1 is 1.08 bits per heavy atom. The van der Waals surface area contributed by atoms with Gasteiger partial charge in [-0.3, -0.25) is 9.59 Å². The first-order valence-corrected chi connectivity index (χ1v) is 13.6. The Kier molecular flexibility index (Phi) is 13.7. The Morgan fingerprint density at radius 2 is 1.76 bits per heavy atom. The summed E-state index contributed by atoms with van der Waals surface area (Å²) in [5, 5.41) is 29.6. The van der Waals surface area contributed by atoms with E-state index in [1.165, 1.54) is 38.5 Å². The number of unbranched alkanes of at least 4 members (excludes halogenated alkanes) is 7. The summed E-state index contributed by atoms with van der Waals surface area (Å²) in [4.78, 5) is 25.5. The lowest BCUT2D eigenvalue weighted by molar-refractivity contribution is -0.149. The highest BCUT2D eigenvalue weighted by atomic mass is 16.7. The molecule has 0 saturated carbocycles. The summed E-state index contributed by atoms with van der Waals surface area (Å²) < 4.78 is 21.2. The smallest absolute Gasteiger partial charge is 0.330 e. The number of rotatable bonds is 18. The summed E-state index contributed by atoms with van der Waals surface area (Å²) in [6, 6.07) is 0.953. The molecule has 2 heterocycles. The molecule has 0 bridgehead atoms. The maximum Gasteiger partial charge on any atom is 0.330 e. The first-order valence-electron chi connectivity index (χ1n) is 13.6. The molecule has 1 aromatic heterocycles. The molecule has 4 unspecified atom stereocenters. The fourth-order valence-corrected chi connectivity index (χ4v) is 4.22. The highest BCUT2D eigenvalue weighted by Crippen LogP contribution is 2.35. The van der Waals surface area contributed by atoms with Crippen molar-refractivity contribution >= 4 is 11.8 Å². The van der Waals surface area contributed by atoms with Gasteiger partial charge in [0.05, 0.1) is 24.7 Å². The zero-order valence-corrected chi connectivity index (χ0v) is 22.4. The van der Waals surface area contributed by atoms with Gasteiger partial charge in [0.1, 0.15) is 6.10 Å². The van der Waals surface area contributed by atoms with E-state index >= 15 is 0 Å². The quantitative estimate of drug-likeness (QED) is 0.131. The molecule has 1 aliphatic rings. The van der Waals surface area contributed by atoms with Crippen molar-refractivity contribution in [2.24, 2.45) is 11.8 Å². The lowest BCUT2D eigenvalue weighted by atomic mass is 9.92. The van der Waals surface area contributed by atoms with Crippen LogP contribution in [0.4, 0.5) is 0 Å². The van der Waals surface area contributed by atoms with Gasteiger partial charge in [0.25, 0.3) is 5.95 Å². The van der Waals surface area contributed by atoms with E-state index in [1.807, 2.05) is 13.8 Å². The molecular formula is C28H44O9. The van der Waals surface area contributed by atoms with Crippen LogP contribution in [0.25, 0.3) is 0 Å². The molecule has 0 aromatic carbocycles. The lowest BCUT2D eigenvalue weighted by Gasteiger charge is -2.23. The van der Waals surface area contributed by atoms with Gasteiger partial charge in [-0.25, -0.2) is 0 Å². The number of Topliss-reactive ketones (excluding diaryl/α,β-unsaturated/α-hetero) is 1. The van der Waals surface area contributed by atoms with Crippen molar-refractivity contribution in [3.63, 3.8) is 0 Å². The van der Waals surface area contributed by atoms with Crippen LogP contribution in [-0.4, -0.2) is 52.2 Å². The molecule has 0 amide bonds. The van der Waals surface area contributed by atoms with Gasteiger partial charge in [0, 0.05) is 12.3 Å². The van der Waals surface area contributed by atoms with Crippen LogP contribution in [0.15, 0.2) is 22.6 Å². The molecule has 4 atom stereocenters. The fourth-order valence-electron chi connectivity index (χ4n) is 4.22. The number of esters is 1. The number of hydrogen-bond donors (Lipinski definition) is 3. The Balaban J connectivity index is 1.83. The van der Waals surface area contributed by atoms with Crippen molar-refractivity contribution in [1.29, 1.82) is 0 Å². The van der Waals surface area contributed by atoms with Crippen LogP contribution in [0.2, 0.25) is 0 Å². The summed E-state index contributed by atoms with van der Waals surface area (Å²) >= 11 is 0. The minimum absolute atomic E-state index is 0.0391. The van der Waals surface area contributed by atoms with Gasteiger partial charge < -0.3 is 33.9 Å². The number of hydrogen-bond acceptors (Lipinski definition) is 9.